The number of hydrogen-bond acceptors (Lipinski definition) is 5. The lowest BCUT2D eigenvalue weighted by molar-refractivity contribution is 0.0936. The molecule has 0 saturated carbocycles. The first kappa shape index (κ1) is 8.58. The lowest BCUT2D eigenvalue weighted by atomic mass is 10.2. The Morgan fingerprint density at radius 1 is 1.77 bits per heavy atom. The van der Waals surface area contributed by atoms with Gasteiger partial charge in [-0.05, 0) is 13.0 Å². The van der Waals surface area contributed by atoms with Crippen LogP contribution in [0.2, 0.25) is 0 Å². The van der Waals surface area contributed by atoms with Crippen molar-refractivity contribution in [1.82, 2.24) is 19.4 Å². The van der Waals surface area contributed by atoms with Crippen molar-refractivity contribution in [2.45, 2.75) is 12.5 Å². The summed E-state index contributed by atoms with van der Waals surface area (Å²) in [6.45, 7) is 1.82. The number of amides is 1. The van der Waals surface area contributed by atoms with Gasteiger partial charge in [-0.2, -0.15) is 8.75 Å². The van der Waals surface area contributed by atoms with E-state index in [0.717, 1.165) is 31.2 Å². The second kappa shape index (κ2) is 3.80. The van der Waals surface area contributed by atoms with Crippen LogP contribution in [-0.2, 0) is 0 Å². The number of nitrogens with zero attached hydrogens (tertiary/aromatic N) is 2. The lowest BCUT2D eigenvalue weighted by Crippen LogP contribution is -2.36. The molecule has 2 rings (SSSR count). The van der Waals surface area contributed by atoms with E-state index >= 15 is 0 Å². The summed E-state index contributed by atoms with van der Waals surface area (Å²) in [5.74, 6) is -0.123. The van der Waals surface area contributed by atoms with Gasteiger partial charge in [-0.3, -0.25) is 4.79 Å². The summed E-state index contributed by atoms with van der Waals surface area (Å²) in [7, 11) is 0. The summed E-state index contributed by atoms with van der Waals surface area (Å²) in [6, 6.07) is 0.245. The molecule has 1 fully saturated rings. The monoisotopic (exact) mass is 198 g/mol. The normalized spacial score (nSPS) is 21.7. The maximum absolute atomic E-state index is 11.4. The minimum atomic E-state index is -0.123. The van der Waals surface area contributed by atoms with Crippen LogP contribution < -0.4 is 10.6 Å². The van der Waals surface area contributed by atoms with Crippen LogP contribution in [0.25, 0.3) is 0 Å². The zero-order valence-corrected chi connectivity index (χ0v) is 7.80. The number of nitrogens with one attached hydrogen (secondary N) is 2. The number of hydrogen-bond donors (Lipinski definition) is 2. The van der Waals surface area contributed by atoms with Crippen molar-refractivity contribution < 1.29 is 4.79 Å². The molecule has 0 spiro atoms. The molecule has 1 aliphatic heterocycles. The highest BCUT2D eigenvalue weighted by molar-refractivity contribution is 6.99. The first-order valence-electron chi connectivity index (χ1n) is 4.15. The van der Waals surface area contributed by atoms with Crippen LogP contribution >= 0.6 is 11.7 Å². The molecule has 1 aromatic heterocycles. The van der Waals surface area contributed by atoms with Crippen LogP contribution in [0.15, 0.2) is 6.20 Å². The van der Waals surface area contributed by atoms with Crippen molar-refractivity contribution in [2.24, 2.45) is 0 Å². The van der Waals surface area contributed by atoms with Crippen LogP contribution in [-0.4, -0.2) is 33.8 Å². The number of rotatable bonds is 2. The third-order valence-corrected chi connectivity index (χ3v) is 2.47. The van der Waals surface area contributed by atoms with Gasteiger partial charge in [-0.1, -0.05) is 0 Å². The molecule has 13 heavy (non-hydrogen) atoms. The third-order valence-electron chi connectivity index (χ3n) is 1.99. The molecule has 1 saturated heterocycles. The van der Waals surface area contributed by atoms with Crippen LogP contribution in [0, 0.1) is 0 Å². The van der Waals surface area contributed by atoms with E-state index in [9.17, 15) is 4.79 Å². The molecule has 1 unspecified atom stereocenters. The van der Waals surface area contributed by atoms with E-state index in [2.05, 4.69) is 19.4 Å². The Hall–Kier alpha value is -1.01. The van der Waals surface area contributed by atoms with E-state index < -0.39 is 0 Å². The summed E-state index contributed by atoms with van der Waals surface area (Å²) in [6.07, 6.45) is 2.48. The highest BCUT2D eigenvalue weighted by Gasteiger charge is 2.18. The van der Waals surface area contributed by atoms with Gasteiger partial charge >= 0.3 is 0 Å². The highest BCUT2D eigenvalue weighted by atomic mass is 32.1. The Balaban J connectivity index is 1.91. The Morgan fingerprint density at radius 2 is 2.69 bits per heavy atom. The third kappa shape index (κ3) is 2.02. The van der Waals surface area contributed by atoms with Gasteiger partial charge in [0, 0.05) is 12.6 Å². The van der Waals surface area contributed by atoms with Crippen LogP contribution in [0.4, 0.5) is 0 Å². The van der Waals surface area contributed by atoms with E-state index in [0.29, 0.717) is 5.69 Å². The van der Waals surface area contributed by atoms with Crippen molar-refractivity contribution in [3.8, 4) is 0 Å². The molecule has 1 amide bonds. The zero-order chi connectivity index (χ0) is 9.10. The molecule has 6 heteroatoms. The van der Waals surface area contributed by atoms with Gasteiger partial charge in [0.1, 0.15) is 0 Å². The Kier molecular flexibility index (Phi) is 2.51. The smallest absolute Gasteiger partial charge is 0.272 e. The molecular formula is C7H10N4OS. The maximum atomic E-state index is 11.4. The minimum absolute atomic E-state index is 0.123. The Labute approximate surface area is 79.9 Å². The van der Waals surface area contributed by atoms with Gasteiger partial charge < -0.3 is 10.6 Å². The SMILES string of the molecule is O=C(NC1CCNC1)c1cnsn1. The quantitative estimate of drug-likeness (QED) is 0.680. The molecule has 1 atom stereocenters. The van der Waals surface area contributed by atoms with E-state index in [1.165, 1.54) is 6.20 Å². The molecule has 0 aromatic carbocycles. The lowest BCUT2D eigenvalue weighted by Gasteiger charge is -2.08. The van der Waals surface area contributed by atoms with Crippen molar-refractivity contribution in [3.63, 3.8) is 0 Å². The summed E-state index contributed by atoms with van der Waals surface area (Å²) in [5, 5.41) is 6.06. The molecule has 2 heterocycles. The van der Waals surface area contributed by atoms with Gasteiger partial charge in [0.15, 0.2) is 5.69 Å². The standard InChI is InChI=1S/C7H10N4OS/c12-7(6-4-9-13-11-6)10-5-1-2-8-3-5/h4-5,8H,1-3H2,(H,10,12). The van der Waals surface area contributed by atoms with E-state index in [1.807, 2.05) is 0 Å². The van der Waals surface area contributed by atoms with E-state index in [1.54, 1.807) is 0 Å². The largest absolute Gasteiger partial charge is 0.347 e. The number of carbonyl (C=O) groups is 1. The fourth-order valence-corrected chi connectivity index (χ4v) is 1.71. The molecule has 1 aliphatic rings. The minimum Gasteiger partial charge on any atom is -0.347 e. The fraction of sp³-hybridized carbons (Fsp3) is 0.571. The summed E-state index contributed by atoms with van der Waals surface area (Å²) in [5.41, 5.74) is 0.414. The van der Waals surface area contributed by atoms with Crippen molar-refractivity contribution >= 4 is 17.6 Å². The maximum Gasteiger partial charge on any atom is 0.272 e. The molecule has 0 radical (unpaired) electrons. The summed E-state index contributed by atoms with van der Waals surface area (Å²) in [4.78, 5) is 11.4. The average molecular weight is 198 g/mol. The van der Waals surface area contributed by atoms with Gasteiger partial charge in [0.25, 0.3) is 5.91 Å². The predicted octanol–water partition coefficient (Wildman–Crippen LogP) is -0.370. The van der Waals surface area contributed by atoms with Gasteiger partial charge in [-0.15, -0.1) is 0 Å². The summed E-state index contributed by atoms with van der Waals surface area (Å²) >= 11 is 1.05. The topological polar surface area (TPSA) is 66.9 Å². The first-order chi connectivity index (χ1) is 6.36. The summed E-state index contributed by atoms with van der Waals surface area (Å²) < 4.78 is 7.63. The van der Waals surface area contributed by atoms with Gasteiger partial charge in [0.05, 0.1) is 17.9 Å². The van der Waals surface area contributed by atoms with Crippen molar-refractivity contribution in [1.29, 1.82) is 0 Å². The van der Waals surface area contributed by atoms with Gasteiger partial charge in [0.2, 0.25) is 0 Å². The van der Waals surface area contributed by atoms with E-state index in [-0.39, 0.29) is 11.9 Å². The molecule has 2 N–H and O–H groups in total. The average Bonchev–Trinajstić information content (AvgIpc) is 2.74. The van der Waals surface area contributed by atoms with Crippen LogP contribution in [0.5, 0.6) is 0 Å². The molecule has 70 valence electrons. The molecule has 0 aliphatic carbocycles. The molecule has 1 aromatic rings. The predicted molar refractivity (Wildman–Crippen MR) is 48.6 cm³/mol. The Bertz CT molecular complexity index is 281. The Morgan fingerprint density at radius 3 is 3.31 bits per heavy atom. The second-order valence-corrected chi connectivity index (χ2v) is 3.51. The second-order valence-electron chi connectivity index (χ2n) is 2.96. The molecular weight excluding hydrogens is 188 g/mol. The molecule has 5 nitrogen and oxygen atoms in total. The first-order valence-corrected chi connectivity index (χ1v) is 4.88. The van der Waals surface area contributed by atoms with Crippen LogP contribution in [0.1, 0.15) is 16.9 Å². The van der Waals surface area contributed by atoms with Gasteiger partial charge in [-0.25, -0.2) is 0 Å². The zero-order valence-electron chi connectivity index (χ0n) is 6.99. The number of carbonyl (C=O) groups excluding carboxylic acids is 1. The van der Waals surface area contributed by atoms with Crippen LogP contribution in [0.3, 0.4) is 0 Å². The fourth-order valence-electron chi connectivity index (χ4n) is 1.30. The molecule has 0 bridgehead atoms. The number of aromatic nitrogens is 2. The van der Waals surface area contributed by atoms with E-state index in [4.69, 9.17) is 0 Å². The van der Waals surface area contributed by atoms with Crippen molar-refractivity contribution in [3.05, 3.63) is 11.9 Å². The van der Waals surface area contributed by atoms with Crippen molar-refractivity contribution in [2.75, 3.05) is 13.1 Å². The highest BCUT2D eigenvalue weighted by Crippen LogP contribution is 2.00.